The average molecular weight is 398 g/mol. The van der Waals surface area contributed by atoms with Crippen molar-refractivity contribution in [2.24, 2.45) is 0 Å². The quantitative estimate of drug-likeness (QED) is 0.729. The van der Waals surface area contributed by atoms with E-state index < -0.39 is 0 Å². The van der Waals surface area contributed by atoms with Crippen LogP contribution in [0.15, 0.2) is 48.8 Å². The molecule has 3 aromatic rings. The van der Waals surface area contributed by atoms with Gasteiger partial charge in [-0.1, -0.05) is 18.2 Å². The highest BCUT2D eigenvalue weighted by molar-refractivity contribution is 5.85. The van der Waals surface area contributed by atoms with Gasteiger partial charge in [0.2, 0.25) is 5.88 Å². The third-order valence-corrected chi connectivity index (χ3v) is 5.45. The molecule has 6 nitrogen and oxygen atoms in total. The molecule has 4 heterocycles. The molecule has 5 rings (SSSR count). The molecular formula is C21H24ClN5O. The first kappa shape index (κ1) is 18.9. The Labute approximate surface area is 170 Å². The zero-order valence-electron chi connectivity index (χ0n) is 15.6. The fourth-order valence-corrected chi connectivity index (χ4v) is 3.89. The lowest BCUT2D eigenvalue weighted by Gasteiger charge is -2.40. The Morgan fingerprint density at radius 1 is 0.964 bits per heavy atom. The molecule has 0 radical (unpaired) electrons. The molecule has 28 heavy (non-hydrogen) atoms. The Balaban J connectivity index is 0.00000192. The van der Waals surface area contributed by atoms with E-state index in [1.807, 2.05) is 12.1 Å². The Hall–Kier alpha value is -2.44. The lowest BCUT2D eigenvalue weighted by molar-refractivity contribution is 0.156. The van der Waals surface area contributed by atoms with Crippen molar-refractivity contribution in [1.82, 2.24) is 20.3 Å². The Bertz CT molecular complexity index is 941. The van der Waals surface area contributed by atoms with Crippen LogP contribution in [-0.4, -0.2) is 47.2 Å². The summed E-state index contributed by atoms with van der Waals surface area (Å²) in [5.74, 6) is 2.15. The number of para-hydroxylation sites is 1. The molecule has 0 spiro atoms. The molecular weight excluding hydrogens is 374 g/mol. The smallest absolute Gasteiger partial charge is 0.236 e. The summed E-state index contributed by atoms with van der Waals surface area (Å²) in [4.78, 5) is 16.1. The maximum atomic E-state index is 6.21. The molecule has 2 aliphatic heterocycles. The number of aromatic nitrogens is 3. The van der Waals surface area contributed by atoms with Crippen molar-refractivity contribution in [2.75, 3.05) is 31.1 Å². The Morgan fingerprint density at radius 3 is 2.61 bits per heavy atom. The van der Waals surface area contributed by atoms with Crippen molar-refractivity contribution in [2.45, 2.75) is 24.9 Å². The molecule has 1 N–H and O–H groups in total. The van der Waals surface area contributed by atoms with E-state index in [1.54, 1.807) is 12.4 Å². The van der Waals surface area contributed by atoms with Gasteiger partial charge in [-0.05, 0) is 44.1 Å². The average Bonchev–Trinajstić information content (AvgIpc) is 2.71. The monoisotopic (exact) mass is 397 g/mol. The summed E-state index contributed by atoms with van der Waals surface area (Å²) in [6, 6.07) is 12.4. The summed E-state index contributed by atoms with van der Waals surface area (Å²) in [5.41, 5.74) is 2.04. The summed E-state index contributed by atoms with van der Waals surface area (Å²) in [5, 5.41) is 4.57. The topological polar surface area (TPSA) is 63.2 Å². The standard InChI is InChI=1S/C21H23N5O.ClH/c1-2-4-18-15(3-1)5-6-19(25-18)26-13-17(14-26)27-21-20(23-11-12-24-21)16-7-9-22-10-8-16;/h1-6,11-12,16-17,22H,7-10,13-14H2;1H. The van der Waals surface area contributed by atoms with E-state index >= 15 is 0 Å². The number of hydrogen-bond acceptors (Lipinski definition) is 6. The predicted octanol–water partition coefficient (Wildman–Crippen LogP) is 3.18. The molecule has 0 amide bonds. The summed E-state index contributed by atoms with van der Waals surface area (Å²) in [6.07, 6.45) is 5.81. The first-order valence-corrected chi connectivity index (χ1v) is 9.66. The maximum Gasteiger partial charge on any atom is 0.236 e. The van der Waals surface area contributed by atoms with Crippen LogP contribution in [0.1, 0.15) is 24.5 Å². The number of fused-ring (bicyclic) bond motifs is 1. The second-order valence-corrected chi connectivity index (χ2v) is 7.28. The highest BCUT2D eigenvalue weighted by atomic mass is 35.5. The zero-order chi connectivity index (χ0) is 18.1. The molecule has 0 aliphatic carbocycles. The SMILES string of the molecule is Cl.c1ccc2nc(N3CC(Oc4nccnc4C4CCNCC4)C3)ccc2c1. The van der Waals surface area contributed by atoms with Gasteiger partial charge in [-0.15, -0.1) is 12.4 Å². The molecule has 1 aromatic carbocycles. The van der Waals surface area contributed by atoms with Crippen LogP contribution in [0.4, 0.5) is 5.82 Å². The summed E-state index contributed by atoms with van der Waals surface area (Å²) in [6.45, 7) is 3.72. The van der Waals surface area contributed by atoms with Gasteiger partial charge in [0.25, 0.3) is 0 Å². The normalized spacial score (nSPS) is 17.8. The molecule has 2 fully saturated rings. The second-order valence-electron chi connectivity index (χ2n) is 7.28. The van der Waals surface area contributed by atoms with Gasteiger partial charge in [-0.25, -0.2) is 9.97 Å². The van der Waals surface area contributed by atoms with Gasteiger partial charge in [0, 0.05) is 23.7 Å². The maximum absolute atomic E-state index is 6.21. The van der Waals surface area contributed by atoms with Gasteiger partial charge in [-0.3, -0.25) is 4.98 Å². The predicted molar refractivity (Wildman–Crippen MR) is 112 cm³/mol. The lowest BCUT2D eigenvalue weighted by Crippen LogP contribution is -2.54. The van der Waals surface area contributed by atoms with E-state index in [4.69, 9.17) is 9.72 Å². The number of piperidine rings is 1. The van der Waals surface area contributed by atoms with E-state index in [1.165, 1.54) is 5.39 Å². The van der Waals surface area contributed by atoms with Crippen LogP contribution in [0.3, 0.4) is 0 Å². The number of nitrogens with one attached hydrogen (secondary N) is 1. The van der Waals surface area contributed by atoms with Gasteiger partial charge in [0.05, 0.1) is 18.6 Å². The van der Waals surface area contributed by atoms with Crippen molar-refractivity contribution in [3.8, 4) is 5.88 Å². The Morgan fingerprint density at radius 2 is 1.75 bits per heavy atom. The van der Waals surface area contributed by atoms with Crippen molar-refractivity contribution >= 4 is 29.1 Å². The molecule has 0 saturated carbocycles. The number of rotatable bonds is 4. The lowest BCUT2D eigenvalue weighted by atomic mass is 9.94. The van der Waals surface area contributed by atoms with Crippen LogP contribution in [0.5, 0.6) is 5.88 Å². The molecule has 0 atom stereocenters. The fourth-order valence-electron chi connectivity index (χ4n) is 3.89. The minimum Gasteiger partial charge on any atom is -0.469 e. The van der Waals surface area contributed by atoms with Crippen LogP contribution in [-0.2, 0) is 0 Å². The number of halogens is 1. The third-order valence-electron chi connectivity index (χ3n) is 5.45. The molecule has 146 valence electrons. The first-order chi connectivity index (χ1) is 13.4. The van der Waals surface area contributed by atoms with E-state index in [9.17, 15) is 0 Å². The van der Waals surface area contributed by atoms with Crippen LogP contribution in [0, 0.1) is 0 Å². The van der Waals surface area contributed by atoms with Crippen LogP contribution in [0.2, 0.25) is 0 Å². The Kier molecular flexibility index (Phi) is 5.59. The molecule has 2 saturated heterocycles. The minimum atomic E-state index is 0. The minimum absolute atomic E-state index is 0. The van der Waals surface area contributed by atoms with Gasteiger partial charge in [0.1, 0.15) is 17.6 Å². The fraction of sp³-hybridized carbons (Fsp3) is 0.381. The van der Waals surface area contributed by atoms with Gasteiger partial charge >= 0.3 is 0 Å². The summed E-state index contributed by atoms with van der Waals surface area (Å²) < 4.78 is 6.21. The molecule has 2 aromatic heterocycles. The van der Waals surface area contributed by atoms with Crippen molar-refractivity contribution in [1.29, 1.82) is 0 Å². The van der Waals surface area contributed by atoms with E-state index in [-0.39, 0.29) is 18.5 Å². The number of ether oxygens (including phenoxy) is 1. The van der Waals surface area contributed by atoms with Gasteiger partial charge in [-0.2, -0.15) is 0 Å². The third kappa shape index (κ3) is 3.75. The summed E-state index contributed by atoms with van der Waals surface area (Å²) in [7, 11) is 0. The van der Waals surface area contributed by atoms with E-state index in [0.717, 1.165) is 56.0 Å². The molecule has 0 bridgehead atoms. The van der Waals surface area contributed by atoms with Crippen molar-refractivity contribution in [3.63, 3.8) is 0 Å². The van der Waals surface area contributed by atoms with Crippen LogP contribution < -0.4 is 15.0 Å². The van der Waals surface area contributed by atoms with Crippen LogP contribution >= 0.6 is 12.4 Å². The second kappa shape index (κ2) is 8.29. The molecule has 7 heteroatoms. The molecule has 0 unspecified atom stereocenters. The number of benzene rings is 1. The van der Waals surface area contributed by atoms with Crippen LogP contribution in [0.25, 0.3) is 10.9 Å². The van der Waals surface area contributed by atoms with Crippen molar-refractivity contribution in [3.05, 3.63) is 54.5 Å². The highest BCUT2D eigenvalue weighted by Gasteiger charge is 2.31. The summed E-state index contributed by atoms with van der Waals surface area (Å²) >= 11 is 0. The largest absolute Gasteiger partial charge is 0.469 e. The first-order valence-electron chi connectivity index (χ1n) is 9.66. The number of pyridine rings is 1. The number of hydrogen-bond donors (Lipinski definition) is 1. The van der Waals surface area contributed by atoms with Gasteiger partial charge in [0.15, 0.2) is 0 Å². The number of anilines is 1. The highest BCUT2D eigenvalue weighted by Crippen LogP contribution is 2.31. The van der Waals surface area contributed by atoms with Crippen molar-refractivity contribution < 1.29 is 4.74 Å². The zero-order valence-corrected chi connectivity index (χ0v) is 16.4. The number of nitrogens with zero attached hydrogens (tertiary/aromatic N) is 4. The van der Waals surface area contributed by atoms with Gasteiger partial charge < -0.3 is 15.0 Å². The molecule has 2 aliphatic rings. The van der Waals surface area contributed by atoms with E-state index in [0.29, 0.717) is 11.8 Å². The van der Waals surface area contributed by atoms with E-state index in [2.05, 4.69) is 44.5 Å².